The van der Waals surface area contributed by atoms with Gasteiger partial charge in [-0.2, -0.15) is 5.10 Å². The quantitative estimate of drug-likeness (QED) is 0.240. The Hall–Kier alpha value is -1.14. The summed E-state index contributed by atoms with van der Waals surface area (Å²) in [4.78, 5) is 12.1. The number of nitrogens with zero attached hydrogens (tertiary/aromatic N) is 1. The number of hydrogen-bond donors (Lipinski definition) is 1. The van der Waals surface area contributed by atoms with Crippen LogP contribution >= 0.6 is 21.6 Å². The van der Waals surface area contributed by atoms with Crippen LogP contribution in [0.25, 0.3) is 0 Å². The van der Waals surface area contributed by atoms with Crippen LogP contribution in [0.2, 0.25) is 0 Å². The van der Waals surface area contributed by atoms with E-state index in [1.807, 2.05) is 37.4 Å². The van der Waals surface area contributed by atoms with E-state index in [0.29, 0.717) is 6.42 Å². The summed E-state index contributed by atoms with van der Waals surface area (Å²) in [7, 11) is 3.42. The van der Waals surface area contributed by atoms with Crippen molar-refractivity contribution in [3.63, 3.8) is 0 Å². The molecule has 0 saturated heterocycles. The van der Waals surface area contributed by atoms with Gasteiger partial charge >= 0.3 is 0 Å². The third-order valence-corrected chi connectivity index (χ3v) is 6.11. The third-order valence-electron chi connectivity index (χ3n) is 3.49. The van der Waals surface area contributed by atoms with Crippen molar-refractivity contribution in [2.75, 3.05) is 19.4 Å². The maximum atomic E-state index is 12.1. The zero-order valence-electron chi connectivity index (χ0n) is 15.9. The standard InChI is InChI=1S/C19H30N2O2S2/c1-6-7-12-23-18-10-8-16(9-11-18)15(2)21-20-14-17(22)13-19(3,4)25-24-5/h8-11,20H,6-7,12-14H2,1-5H3/b21-15+. The number of Topliss-reactive ketones (excluding diaryl/α,β-unsaturated/α-hetero) is 1. The van der Waals surface area contributed by atoms with Gasteiger partial charge in [0.05, 0.1) is 18.9 Å². The highest BCUT2D eigenvalue weighted by Crippen LogP contribution is 2.36. The van der Waals surface area contributed by atoms with E-state index in [0.717, 1.165) is 36.5 Å². The van der Waals surface area contributed by atoms with Gasteiger partial charge in [-0.1, -0.05) is 34.9 Å². The van der Waals surface area contributed by atoms with E-state index in [-0.39, 0.29) is 17.1 Å². The summed E-state index contributed by atoms with van der Waals surface area (Å²) in [5.41, 5.74) is 4.76. The zero-order valence-corrected chi connectivity index (χ0v) is 17.6. The number of rotatable bonds is 12. The molecule has 1 aromatic carbocycles. The molecule has 0 aromatic heterocycles. The van der Waals surface area contributed by atoms with Gasteiger partial charge in [0.2, 0.25) is 0 Å². The Morgan fingerprint density at radius 2 is 1.96 bits per heavy atom. The maximum Gasteiger partial charge on any atom is 0.154 e. The second-order valence-corrected chi connectivity index (χ2v) is 9.59. The lowest BCUT2D eigenvalue weighted by Crippen LogP contribution is -2.26. The van der Waals surface area contributed by atoms with Crippen molar-refractivity contribution in [3.05, 3.63) is 29.8 Å². The topological polar surface area (TPSA) is 50.7 Å². The normalized spacial score (nSPS) is 12.1. The van der Waals surface area contributed by atoms with Crippen molar-refractivity contribution in [2.24, 2.45) is 5.10 Å². The number of hydrogen-bond acceptors (Lipinski definition) is 6. The molecule has 4 nitrogen and oxygen atoms in total. The first-order valence-corrected chi connectivity index (χ1v) is 11.2. The van der Waals surface area contributed by atoms with E-state index in [9.17, 15) is 4.79 Å². The monoisotopic (exact) mass is 382 g/mol. The minimum atomic E-state index is -0.0510. The lowest BCUT2D eigenvalue weighted by molar-refractivity contribution is -0.118. The lowest BCUT2D eigenvalue weighted by atomic mass is 10.1. The van der Waals surface area contributed by atoms with Crippen molar-refractivity contribution in [1.29, 1.82) is 0 Å². The van der Waals surface area contributed by atoms with Gasteiger partial charge in [0.1, 0.15) is 5.75 Å². The fourth-order valence-electron chi connectivity index (χ4n) is 2.23. The Kier molecular flexibility index (Phi) is 10.0. The summed E-state index contributed by atoms with van der Waals surface area (Å²) in [6.45, 7) is 9.26. The average molecular weight is 383 g/mol. The Bertz CT molecular complexity index is 557. The summed E-state index contributed by atoms with van der Waals surface area (Å²) in [6, 6.07) is 7.89. The molecule has 0 bridgehead atoms. The van der Waals surface area contributed by atoms with Crippen molar-refractivity contribution < 1.29 is 9.53 Å². The number of ether oxygens (including phenoxy) is 1. The molecular weight excluding hydrogens is 352 g/mol. The third kappa shape index (κ3) is 9.21. The Balaban J connectivity index is 2.46. The van der Waals surface area contributed by atoms with E-state index in [1.165, 1.54) is 0 Å². The molecule has 25 heavy (non-hydrogen) atoms. The predicted molar refractivity (Wildman–Crippen MR) is 112 cm³/mol. The molecule has 0 spiro atoms. The Morgan fingerprint density at radius 3 is 2.56 bits per heavy atom. The largest absolute Gasteiger partial charge is 0.494 e. The summed E-state index contributed by atoms with van der Waals surface area (Å²) in [5, 5.41) is 4.31. The van der Waals surface area contributed by atoms with E-state index in [2.05, 4.69) is 31.3 Å². The molecule has 0 amide bonds. The number of ketones is 1. The second-order valence-electron chi connectivity index (χ2n) is 6.48. The van der Waals surface area contributed by atoms with Crippen LogP contribution in [0.1, 0.15) is 52.5 Å². The SMILES string of the molecule is CCCCOc1ccc(/C(C)=N/NCC(=O)CC(C)(C)SSC)cc1. The van der Waals surface area contributed by atoms with Crippen LogP contribution in [0.5, 0.6) is 5.75 Å². The van der Waals surface area contributed by atoms with E-state index in [4.69, 9.17) is 4.74 Å². The van der Waals surface area contributed by atoms with Gasteiger partial charge in [-0.15, -0.1) is 0 Å². The molecule has 0 fully saturated rings. The van der Waals surface area contributed by atoms with Gasteiger partial charge in [0, 0.05) is 11.2 Å². The van der Waals surface area contributed by atoms with Crippen LogP contribution in [-0.4, -0.2) is 35.6 Å². The molecule has 0 aliphatic rings. The number of carbonyl (C=O) groups is 1. The van der Waals surface area contributed by atoms with Crippen molar-refractivity contribution >= 4 is 33.1 Å². The summed E-state index contributed by atoms with van der Waals surface area (Å²) in [6.07, 6.45) is 4.75. The Labute approximate surface area is 160 Å². The molecule has 0 saturated carbocycles. The molecule has 0 radical (unpaired) electrons. The Morgan fingerprint density at radius 1 is 1.28 bits per heavy atom. The minimum absolute atomic E-state index is 0.0510. The number of unbranched alkanes of at least 4 members (excludes halogenated alkanes) is 1. The van der Waals surface area contributed by atoms with Crippen LogP contribution in [-0.2, 0) is 4.79 Å². The van der Waals surface area contributed by atoms with Gasteiger partial charge < -0.3 is 10.2 Å². The molecule has 0 aliphatic carbocycles. The highest BCUT2D eigenvalue weighted by atomic mass is 33.1. The minimum Gasteiger partial charge on any atom is -0.494 e. The fourth-order valence-corrected chi connectivity index (χ4v) is 4.43. The van der Waals surface area contributed by atoms with Crippen molar-refractivity contribution in [2.45, 2.75) is 51.7 Å². The molecule has 0 unspecified atom stereocenters. The predicted octanol–water partition coefficient (Wildman–Crippen LogP) is 4.93. The number of nitrogens with one attached hydrogen (secondary N) is 1. The van der Waals surface area contributed by atoms with Crippen LogP contribution < -0.4 is 10.2 Å². The molecule has 140 valence electrons. The molecular formula is C19H30N2O2S2. The van der Waals surface area contributed by atoms with Gasteiger partial charge in [0.25, 0.3) is 0 Å². The smallest absolute Gasteiger partial charge is 0.154 e. The zero-order chi connectivity index (χ0) is 18.7. The molecule has 0 heterocycles. The van der Waals surface area contributed by atoms with Crippen molar-refractivity contribution in [3.8, 4) is 5.75 Å². The first kappa shape index (κ1) is 21.9. The highest BCUT2D eigenvalue weighted by Gasteiger charge is 2.22. The first-order valence-electron chi connectivity index (χ1n) is 8.62. The van der Waals surface area contributed by atoms with Gasteiger partial charge in [-0.05, 0) is 63.3 Å². The van der Waals surface area contributed by atoms with Crippen LogP contribution in [0.3, 0.4) is 0 Å². The number of hydrazone groups is 1. The van der Waals surface area contributed by atoms with Crippen LogP contribution in [0, 0.1) is 0 Å². The second kappa shape index (κ2) is 11.5. The molecule has 1 N–H and O–H groups in total. The van der Waals surface area contributed by atoms with Crippen molar-refractivity contribution in [1.82, 2.24) is 5.43 Å². The van der Waals surface area contributed by atoms with E-state index >= 15 is 0 Å². The molecule has 0 atom stereocenters. The average Bonchev–Trinajstić information content (AvgIpc) is 2.55. The van der Waals surface area contributed by atoms with E-state index < -0.39 is 0 Å². The summed E-state index contributed by atoms with van der Waals surface area (Å²) in [5.74, 6) is 1.05. The first-order chi connectivity index (χ1) is 11.9. The van der Waals surface area contributed by atoms with Crippen LogP contribution in [0.4, 0.5) is 0 Å². The summed E-state index contributed by atoms with van der Waals surface area (Å²) >= 11 is 0. The lowest BCUT2D eigenvalue weighted by Gasteiger charge is -2.21. The molecule has 1 aromatic rings. The molecule has 0 aliphatic heterocycles. The highest BCUT2D eigenvalue weighted by molar-refractivity contribution is 8.76. The van der Waals surface area contributed by atoms with E-state index in [1.54, 1.807) is 21.6 Å². The molecule has 1 rings (SSSR count). The fraction of sp³-hybridized carbons (Fsp3) is 0.579. The number of benzene rings is 1. The van der Waals surface area contributed by atoms with Gasteiger partial charge in [-0.3, -0.25) is 4.79 Å². The maximum absolute atomic E-state index is 12.1. The van der Waals surface area contributed by atoms with Gasteiger partial charge in [-0.25, -0.2) is 0 Å². The van der Waals surface area contributed by atoms with Gasteiger partial charge in [0.15, 0.2) is 5.78 Å². The van der Waals surface area contributed by atoms with Crippen LogP contribution in [0.15, 0.2) is 29.4 Å². The molecule has 6 heteroatoms. The summed E-state index contributed by atoms with van der Waals surface area (Å²) < 4.78 is 5.61. The number of carbonyl (C=O) groups excluding carboxylic acids is 1.